The number of sulfonamides is 1. The Hall–Kier alpha value is -2.38. The number of rotatable bonds is 8. The SMILES string of the molecule is COCCNC(=O)CN(c1cccc(C)c1C)S(=O)(=O)c1ccc(C)cc1. The van der Waals surface area contributed by atoms with Crippen molar-refractivity contribution < 1.29 is 17.9 Å². The number of ether oxygens (including phenoxy) is 1. The minimum Gasteiger partial charge on any atom is -0.383 e. The third kappa shape index (κ3) is 5.08. The van der Waals surface area contributed by atoms with E-state index in [0.717, 1.165) is 16.7 Å². The molecule has 0 bridgehead atoms. The minimum atomic E-state index is -3.89. The molecule has 0 fully saturated rings. The predicted octanol–water partition coefficient (Wildman–Crippen LogP) is 2.57. The van der Waals surface area contributed by atoms with E-state index >= 15 is 0 Å². The maximum atomic E-state index is 13.3. The Morgan fingerprint density at radius 2 is 1.74 bits per heavy atom. The number of hydrogen-bond donors (Lipinski definition) is 1. The van der Waals surface area contributed by atoms with Crippen molar-refractivity contribution in [2.24, 2.45) is 0 Å². The summed E-state index contributed by atoms with van der Waals surface area (Å²) in [7, 11) is -2.36. The highest BCUT2D eigenvalue weighted by Gasteiger charge is 2.28. The second kappa shape index (κ2) is 9.01. The van der Waals surface area contributed by atoms with Gasteiger partial charge in [0.25, 0.3) is 10.0 Å². The Morgan fingerprint density at radius 3 is 2.37 bits per heavy atom. The zero-order valence-electron chi connectivity index (χ0n) is 16.2. The molecule has 0 aliphatic rings. The van der Waals surface area contributed by atoms with E-state index in [2.05, 4.69) is 5.32 Å². The number of amides is 1. The van der Waals surface area contributed by atoms with Crippen LogP contribution in [-0.4, -0.2) is 41.1 Å². The van der Waals surface area contributed by atoms with E-state index in [1.807, 2.05) is 26.8 Å². The van der Waals surface area contributed by atoms with E-state index in [1.54, 1.807) is 36.4 Å². The first-order valence-corrected chi connectivity index (χ1v) is 10.1. The van der Waals surface area contributed by atoms with Gasteiger partial charge in [-0.05, 0) is 50.1 Å². The highest BCUT2D eigenvalue weighted by atomic mass is 32.2. The van der Waals surface area contributed by atoms with Gasteiger partial charge in [-0.15, -0.1) is 0 Å². The molecule has 2 rings (SSSR count). The van der Waals surface area contributed by atoms with Crippen LogP contribution in [0.25, 0.3) is 0 Å². The Balaban J connectivity index is 2.44. The first kappa shape index (κ1) is 20.9. The third-order valence-corrected chi connectivity index (χ3v) is 6.14. The highest BCUT2D eigenvalue weighted by Crippen LogP contribution is 2.28. The molecule has 1 amide bonds. The van der Waals surface area contributed by atoms with Gasteiger partial charge >= 0.3 is 0 Å². The molecule has 0 unspecified atom stereocenters. The van der Waals surface area contributed by atoms with Crippen molar-refractivity contribution in [2.45, 2.75) is 25.7 Å². The monoisotopic (exact) mass is 390 g/mol. The van der Waals surface area contributed by atoms with Gasteiger partial charge in [0.15, 0.2) is 0 Å². The molecule has 0 saturated carbocycles. The van der Waals surface area contributed by atoms with Gasteiger partial charge in [-0.3, -0.25) is 9.10 Å². The van der Waals surface area contributed by atoms with Crippen molar-refractivity contribution in [2.75, 3.05) is 31.1 Å². The normalized spacial score (nSPS) is 11.3. The fourth-order valence-electron chi connectivity index (χ4n) is 2.62. The summed E-state index contributed by atoms with van der Waals surface area (Å²) in [5, 5.41) is 2.68. The Bertz CT molecular complexity index is 893. The van der Waals surface area contributed by atoms with Gasteiger partial charge in [0.2, 0.25) is 5.91 Å². The van der Waals surface area contributed by atoms with Crippen LogP contribution in [0, 0.1) is 20.8 Å². The van der Waals surface area contributed by atoms with Crippen LogP contribution in [0.4, 0.5) is 5.69 Å². The largest absolute Gasteiger partial charge is 0.383 e. The van der Waals surface area contributed by atoms with Crippen LogP contribution in [0.3, 0.4) is 0 Å². The molecule has 146 valence electrons. The summed E-state index contributed by atoms with van der Waals surface area (Å²) in [6.45, 7) is 6.03. The second-order valence-electron chi connectivity index (χ2n) is 6.39. The summed E-state index contributed by atoms with van der Waals surface area (Å²) in [5.41, 5.74) is 3.23. The fourth-order valence-corrected chi connectivity index (χ4v) is 4.10. The number of carbonyl (C=O) groups is 1. The van der Waals surface area contributed by atoms with Crippen LogP contribution in [0.2, 0.25) is 0 Å². The molecule has 2 aromatic rings. The van der Waals surface area contributed by atoms with E-state index in [0.29, 0.717) is 18.8 Å². The average Bonchev–Trinajstić information content (AvgIpc) is 2.63. The molecule has 0 saturated heterocycles. The van der Waals surface area contributed by atoms with Gasteiger partial charge in [-0.2, -0.15) is 0 Å². The lowest BCUT2D eigenvalue weighted by Gasteiger charge is -2.26. The van der Waals surface area contributed by atoms with Crippen molar-refractivity contribution in [3.63, 3.8) is 0 Å². The van der Waals surface area contributed by atoms with Crippen LogP contribution < -0.4 is 9.62 Å². The quantitative estimate of drug-likeness (QED) is 0.703. The maximum absolute atomic E-state index is 13.3. The minimum absolute atomic E-state index is 0.152. The number of carbonyl (C=O) groups excluding carboxylic acids is 1. The van der Waals surface area contributed by atoms with Crippen molar-refractivity contribution in [1.29, 1.82) is 0 Å². The lowest BCUT2D eigenvalue weighted by Crippen LogP contribution is -2.42. The van der Waals surface area contributed by atoms with Crippen LogP contribution >= 0.6 is 0 Å². The number of nitrogens with one attached hydrogen (secondary N) is 1. The molecule has 0 spiro atoms. The van der Waals surface area contributed by atoms with Crippen LogP contribution in [0.1, 0.15) is 16.7 Å². The van der Waals surface area contributed by atoms with Gasteiger partial charge in [0, 0.05) is 13.7 Å². The fraction of sp³-hybridized carbons (Fsp3) is 0.350. The molecule has 2 aromatic carbocycles. The van der Waals surface area contributed by atoms with Crippen molar-refractivity contribution in [3.8, 4) is 0 Å². The zero-order chi connectivity index (χ0) is 20.0. The lowest BCUT2D eigenvalue weighted by atomic mass is 10.1. The number of anilines is 1. The standard InChI is InChI=1S/C20H26N2O4S/c1-15-8-10-18(11-9-15)27(24,25)22(14-20(23)21-12-13-26-4)19-7-5-6-16(2)17(19)3/h5-11H,12-14H2,1-4H3,(H,21,23). The molecule has 0 aliphatic heterocycles. The van der Waals surface area contributed by atoms with E-state index in [4.69, 9.17) is 4.74 Å². The molecular weight excluding hydrogens is 364 g/mol. The van der Waals surface area contributed by atoms with Crippen molar-refractivity contribution >= 4 is 21.6 Å². The number of hydrogen-bond acceptors (Lipinski definition) is 4. The molecular formula is C20H26N2O4S. The van der Waals surface area contributed by atoms with Gasteiger partial charge in [-0.1, -0.05) is 29.8 Å². The number of nitrogens with zero attached hydrogens (tertiary/aromatic N) is 1. The van der Waals surface area contributed by atoms with Gasteiger partial charge in [-0.25, -0.2) is 8.42 Å². The summed E-state index contributed by atoms with van der Waals surface area (Å²) in [4.78, 5) is 12.5. The third-order valence-electron chi connectivity index (χ3n) is 4.37. The molecule has 27 heavy (non-hydrogen) atoms. The Labute approximate surface area is 161 Å². The van der Waals surface area contributed by atoms with Crippen LogP contribution in [0.5, 0.6) is 0 Å². The van der Waals surface area contributed by atoms with E-state index in [9.17, 15) is 13.2 Å². The molecule has 1 N–H and O–H groups in total. The molecule has 0 heterocycles. The van der Waals surface area contributed by atoms with Gasteiger partial charge in [0.1, 0.15) is 6.54 Å². The maximum Gasteiger partial charge on any atom is 0.264 e. The Morgan fingerprint density at radius 1 is 1.07 bits per heavy atom. The first-order chi connectivity index (χ1) is 12.8. The highest BCUT2D eigenvalue weighted by molar-refractivity contribution is 7.92. The first-order valence-electron chi connectivity index (χ1n) is 8.68. The molecule has 0 aromatic heterocycles. The molecule has 0 aliphatic carbocycles. The predicted molar refractivity (Wildman–Crippen MR) is 107 cm³/mol. The number of aryl methyl sites for hydroxylation is 2. The summed E-state index contributed by atoms with van der Waals surface area (Å²) >= 11 is 0. The molecule has 0 atom stereocenters. The summed E-state index contributed by atoms with van der Waals surface area (Å²) in [6, 6.07) is 12.0. The smallest absolute Gasteiger partial charge is 0.264 e. The van der Waals surface area contributed by atoms with E-state index in [1.165, 1.54) is 11.4 Å². The number of methoxy groups -OCH3 is 1. The van der Waals surface area contributed by atoms with Gasteiger partial charge in [0.05, 0.1) is 17.2 Å². The summed E-state index contributed by atoms with van der Waals surface area (Å²) < 4.78 is 32.7. The van der Waals surface area contributed by atoms with E-state index in [-0.39, 0.29) is 17.3 Å². The zero-order valence-corrected chi connectivity index (χ0v) is 17.0. The van der Waals surface area contributed by atoms with Crippen LogP contribution in [-0.2, 0) is 19.6 Å². The second-order valence-corrected chi connectivity index (χ2v) is 8.25. The van der Waals surface area contributed by atoms with E-state index < -0.39 is 10.0 Å². The topological polar surface area (TPSA) is 75.7 Å². The van der Waals surface area contributed by atoms with Crippen molar-refractivity contribution in [3.05, 3.63) is 59.2 Å². The number of benzene rings is 2. The molecule has 0 radical (unpaired) electrons. The lowest BCUT2D eigenvalue weighted by molar-refractivity contribution is -0.119. The summed E-state index contributed by atoms with van der Waals surface area (Å²) in [5.74, 6) is -0.386. The van der Waals surface area contributed by atoms with Crippen LogP contribution in [0.15, 0.2) is 47.4 Å². The summed E-state index contributed by atoms with van der Waals surface area (Å²) in [6.07, 6.45) is 0. The Kier molecular flexibility index (Phi) is 6.98. The molecule has 7 heteroatoms. The van der Waals surface area contributed by atoms with Gasteiger partial charge < -0.3 is 10.1 Å². The van der Waals surface area contributed by atoms with Crippen molar-refractivity contribution in [1.82, 2.24) is 5.32 Å². The average molecular weight is 391 g/mol. The molecule has 6 nitrogen and oxygen atoms in total.